The molecule has 5 heterocycles. The monoisotopic (exact) mass is 790 g/mol. The summed E-state index contributed by atoms with van der Waals surface area (Å²) < 4.78 is 0. The fourth-order valence-corrected chi connectivity index (χ4v) is 6.26. The van der Waals surface area contributed by atoms with Crippen molar-refractivity contribution in [2.75, 3.05) is 6.54 Å². The van der Waals surface area contributed by atoms with Gasteiger partial charge in [0.05, 0.1) is 22.8 Å². The smallest absolute Gasteiger partial charge is 0.657 e. The van der Waals surface area contributed by atoms with Gasteiger partial charge in [-0.3, -0.25) is 19.4 Å². The number of nitrogens with zero attached hydrogens (tertiary/aromatic N) is 5. The number of aliphatic imine (C=N–C) groups is 1. The van der Waals surface area contributed by atoms with Crippen LogP contribution in [-0.2, 0) is 37.9 Å². The Labute approximate surface area is 329 Å². The summed E-state index contributed by atoms with van der Waals surface area (Å²) in [6.07, 6.45) is 5.01. The van der Waals surface area contributed by atoms with Gasteiger partial charge >= 0.3 is 35.0 Å². The molecule has 55 heavy (non-hydrogen) atoms. The minimum atomic E-state index is -1.00. The molecule has 0 aliphatic carbocycles. The van der Waals surface area contributed by atoms with E-state index in [1.54, 1.807) is 12.2 Å². The van der Waals surface area contributed by atoms with Gasteiger partial charge in [-0.25, -0.2) is 9.97 Å². The maximum absolute atomic E-state index is 11.5. The Morgan fingerprint density at radius 1 is 0.782 bits per heavy atom. The van der Waals surface area contributed by atoms with Gasteiger partial charge in [-0.05, 0) is 75.7 Å². The maximum Gasteiger partial charge on any atom is 4.00 e. The molecule has 14 nitrogen and oxygen atoms in total. The Bertz CT molecular complexity index is 2280. The number of hydrogen-bond acceptors (Lipinski definition) is 7. The number of nitrogens with two attached hydrogens (primary N) is 3. The molecule has 3 aromatic heterocycles. The quantitative estimate of drug-likeness (QED) is 0.0563. The molecular weight excluding hydrogens is 744 g/mol. The van der Waals surface area contributed by atoms with Crippen molar-refractivity contribution in [2.45, 2.75) is 72.3 Å². The SMILES string of the molecule is C=CC1=C(C)c2cc3[n-]c(cc4nc(cc5[n-]c(cc1n2)c(C)c5CCC(=O)O)C(CCC(=O)O)=C4C)c(C)c3C=C.NC(N)=NCCC[C@H](N)C(=O)O.[Fe+4]. The molecule has 0 unspecified atom stereocenters. The van der Waals surface area contributed by atoms with Crippen LogP contribution < -0.4 is 27.2 Å². The Morgan fingerprint density at radius 3 is 1.93 bits per heavy atom. The Kier molecular flexibility index (Phi) is 15.1. The van der Waals surface area contributed by atoms with Gasteiger partial charge in [0, 0.05) is 25.0 Å². The standard InChI is InChI=1S/C34H34N4O4.C6H14N4O2.Fe/c1-7-21-17(3)25-13-26-19(5)23(9-11-33(39)40)31(37-26)16-32-24(10-12-34(41)42)20(6)28(38-32)15-30-22(8-2)18(4)27(36-30)14-29(21)35-25;7-4(5(11)12)2-1-3-10-6(8)9;/h7-8,13-16H,1-2,9-12H2,3-6H3,(H4,35,36,37,38,39,40,41,42);4H,1-3,7H2,(H,11,12)(H4,8,9,10);/q;;+4/p-2/t;4-;/m.0./s1. The molecule has 0 spiro atoms. The van der Waals surface area contributed by atoms with E-state index < -0.39 is 23.9 Å². The number of allylic oxidation sites excluding steroid dienone is 5. The third-order valence-electron chi connectivity index (χ3n) is 9.35. The number of aromatic nitrogens is 4. The van der Waals surface area contributed by atoms with E-state index in [2.05, 4.69) is 18.2 Å². The van der Waals surface area contributed by atoms with Crippen molar-refractivity contribution in [3.63, 3.8) is 0 Å². The van der Waals surface area contributed by atoms with Gasteiger partial charge in [0.2, 0.25) is 0 Å². The molecule has 0 saturated carbocycles. The van der Waals surface area contributed by atoms with Crippen LogP contribution in [0.25, 0.3) is 50.4 Å². The number of carbonyl (C=O) groups is 3. The van der Waals surface area contributed by atoms with Crippen LogP contribution in [0.1, 0.15) is 91.0 Å². The summed E-state index contributed by atoms with van der Waals surface area (Å²) in [4.78, 5) is 56.6. The van der Waals surface area contributed by atoms with Crippen molar-refractivity contribution in [3.8, 4) is 0 Å². The number of hydrogen-bond donors (Lipinski definition) is 6. The average Bonchev–Trinajstić information content (AvgIpc) is 3.77. The number of aliphatic carboxylic acids is 3. The summed E-state index contributed by atoms with van der Waals surface area (Å²) in [5.74, 6) is -2.78. The van der Waals surface area contributed by atoms with Gasteiger partial charge in [-0.1, -0.05) is 66.3 Å². The molecule has 288 valence electrons. The molecule has 0 fully saturated rings. The van der Waals surface area contributed by atoms with Crippen molar-refractivity contribution in [1.82, 2.24) is 19.9 Å². The number of aryl methyl sites for hydroxylation is 3. The number of fused-ring (bicyclic) bond motifs is 8. The summed E-state index contributed by atoms with van der Waals surface area (Å²) in [5.41, 5.74) is 27.9. The molecule has 3 aromatic rings. The van der Waals surface area contributed by atoms with Crippen LogP contribution in [0, 0.1) is 13.8 Å². The first-order chi connectivity index (χ1) is 25.6. The minimum absolute atomic E-state index is 0. The van der Waals surface area contributed by atoms with Gasteiger partial charge in [0.15, 0.2) is 5.96 Å². The van der Waals surface area contributed by atoms with Crippen LogP contribution in [0.2, 0.25) is 0 Å². The molecule has 2 aliphatic rings. The number of rotatable bonds is 13. The van der Waals surface area contributed by atoms with E-state index in [0.717, 1.165) is 61.3 Å². The second kappa shape index (κ2) is 19.0. The Morgan fingerprint density at radius 2 is 1.33 bits per heavy atom. The van der Waals surface area contributed by atoms with Gasteiger partial charge in [0.1, 0.15) is 6.04 Å². The molecule has 0 radical (unpaired) electrons. The zero-order chi connectivity index (χ0) is 39.9. The average molecular weight is 791 g/mol. The predicted octanol–water partition coefficient (Wildman–Crippen LogP) is 5.21. The fraction of sp³-hybridized carbons (Fsp3) is 0.300. The first kappa shape index (κ1) is 43.6. The van der Waals surface area contributed by atoms with Crippen LogP contribution in [0.15, 0.2) is 48.5 Å². The van der Waals surface area contributed by atoms with Gasteiger partial charge in [-0.15, -0.1) is 22.1 Å². The van der Waals surface area contributed by atoms with Gasteiger partial charge < -0.3 is 42.5 Å². The van der Waals surface area contributed by atoms with E-state index >= 15 is 0 Å². The van der Waals surface area contributed by atoms with Crippen molar-refractivity contribution in [2.24, 2.45) is 22.2 Å². The molecule has 0 aromatic carbocycles. The van der Waals surface area contributed by atoms with E-state index in [1.807, 2.05) is 52.0 Å². The second-order valence-electron chi connectivity index (χ2n) is 13.0. The van der Waals surface area contributed by atoms with E-state index in [0.29, 0.717) is 60.3 Å². The molecule has 2 aliphatic heterocycles. The van der Waals surface area contributed by atoms with Crippen LogP contribution >= 0.6 is 0 Å². The molecule has 5 rings (SSSR count). The van der Waals surface area contributed by atoms with Crippen LogP contribution in [0.3, 0.4) is 0 Å². The molecule has 1 atom stereocenters. The number of carboxylic acids is 3. The van der Waals surface area contributed by atoms with E-state index in [-0.39, 0.29) is 35.9 Å². The molecule has 8 bridgehead atoms. The Hall–Kier alpha value is -5.76. The third-order valence-corrected chi connectivity index (χ3v) is 9.35. The van der Waals surface area contributed by atoms with Gasteiger partial charge in [-0.2, -0.15) is 0 Å². The first-order valence-corrected chi connectivity index (χ1v) is 17.3. The summed E-state index contributed by atoms with van der Waals surface area (Å²) in [6, 6.07) is 6.80. The normalized spacial score (nSPS) is 12.6. The molecular formula is C40H46FeN8O6+2. The van der Waals surface area contributed by atoms with E-state index in [1.165, 1.54) is 0 Å². The summed E-state index contributed by atoms with van der Waals surface area (Å²) in [6.45, 7) is 16.3. The summed E-state index contributed by atoms with van der Waals surface area (Å²) >= 11 is 0. The van der Waals surface area contributed by atoms with Crippen molar-refractivity contribution in [1.29, 1.82) is 0 Å². The fourth-order valence-electron chi connectivity index (χ4n) is 6.26. The third kappa shape index (κ3) is 10.5. The Balaban J connectivity index is 0.000000541. The minimum Gasteiger partial charge on any atom is -0.657 e. The van der Waals surface area contributed by atoms with Gasteiger partial charge in [0.25, 0.3) is 0 Å². The number of guanidine groups is 1. The van der Waals surface area contributed by atoms with Crippen molar-refractivity contribution in [3.05, 3.63) is 88.5 Å². The van der Waals surface area contributed by atoms with Crippen LogP contribution in [0.5, 0.6) is 0 Å². The zero-order valence-electron chi connectivity index (χ0n) is 31.3. The molecule has 9 N–H and O–H groups in total. The van der Waals surface area contributed by atoms with Crippen LogP contribution in [-0.4, -0.2) is 61.7 Å². The van der Waals surface area contributed by atoms with E-state index in [4.69, 9.17) is 42.2 Å². The van der Waals surface area contributed by atoms with Crippen molar-refractivity contribution < 1.29 is 46.8 Å². The van der Waals surface area contributed by atoms with Crippen molar-refractivity contribution >= 4 is 74.3 Å². The molecule has 0 amide bonds. The maximum atomic E-state index is 11.5. The first-order valence-electron chi connectivity index (χ1n) is 17.3. The summed E-state index contributed by atoms with van der Waals surface area (Å²) in [5, 5.41) is 27.3. The second-order valence-corrected chi connectivity index (χ2v) is 13.0. The van der Waals surface area contributed by atoms with Crippen LogP contribution in [0.4, 0.5) is 0 Å². The predicted molar refractivity (Wildman–Crippen MR) is 212 cm³/mol. The largest absolute Gasteiger partial charge is 4.00 e. The zero-order valence-corrected chi connectivity index (χ0v) is 32.4. The molecule has 15 heteroatoms. The summed E-state index contributed by atoms with van der Waals surface area (Å²) in [7, 11) is 0. The van der Waals surface area contributed by atoms with E-state index in [9.17, 15) is 24.6 Å². The topological polar surface area (TPSA) is 256 Å². The molecule has 0 saturated heterocycles. The number of carboxylic acid groups (broad SMARTS) is 3.